The molecule has 0 aliphatic rings. The van der Waals surface area contributed by atoms with Crippen molar-refractivity contribution in [3.05, 3.63) is 35.1 Å². The summed E-state index contributed by atoms with van der Waals surface area (Å²) in [7, 11) is 1.26. The van der Waals surface area contributed by atoms with Crippen molar-refractivity contribution in [1.29, 1.82) is 0 Å². The zero-order chi connectivity index (χ0) is 11.6. The van der Waals surface area contributed by atoms with E-state index in [0.29, 0.717) is 12.1 Å². The van der Waals surface area contributed by atoms with E-state index in [0.717, 1.165) is 6.07 Å². The molecule has 2 nitrogen and oxygen atoms in total. The predicted octanol–water partition coefficient (Wildman–Crippen LogP) is 2.20. The van der Waals surface area contributed by atoms with Crippen LogP contribution in [0.3, 0.4) is 0 Å². The highest BCUT2D eigenvalue weighted by atomic mass is 19.4. The lowest BCUT2D eigenvalue weighted by Crippen LogP contribution is -2.19. The van der Waals surface area contributed by atoms with Crippen LogP contribution in [-0.2, 0) is 6.18 Å². The average molecular weight is 221 g/mol. The van der Waals surface area contributed by atoms with E-state index in [1.165, 1.54) is 7.05 Å². The van der Waals surface area contributed by atoms with Crippen LogP contribution in [0.2, 0.25) is 0 Å². The van der Waals surface area contributed by atoms with Crippen LogP contribution < -0.4 is 5.32 Å². The van der Waals surface area contributed by atoms with Crippen LogP contribution >= 0.6 is 0 Å². The Labute approximate surface area is 82.9 Å². The van der Waals surface area contributed by atoms with Gasteiger partial charge < -0.3 is 5.32 Å². The van der Waals surface area contributed by atoms with E-state index >= 15 is 0 Å². The molecule has 15 heavy (non-hydrogen) atoms. The van der Waals surface area contributed by atoms with Gasteiger partial charge >= 0.3 is 6.18 Å². The van der Waals surface area contributed by atoms with Gasteiger partial charge in [0.1, 0.15) is 5.82 Å². The van der Waals surface area contributed by atoms with Gasteiger partial charge in [-0.15, -0.1) is 0 Å². The molecule has 0 unspecified atom stereocenters. The molecule has 6 heteroatoms. The molecule has 0 saturated carbocycles. The SMILES string of the molecule is CNC(=O)c1ccc(C(F)(F)F)cc1F. The number of amides is 1. The summed E-state index contributed by atoms with van der Waals surface area (Å²) in [6, 6.07) is 1.76. The molecule has 1 amide bonds. The number of hydrogen-bond acceptors (Lipinski definition) is 1. The summed E-state index contributed by atoms with van der Waals surface area (Å²) in [4.78, 5) is 11.0. The van der Waals surface area contributed by atoms with Gasteiger partial charge in [0.15, 0.2) is 0 Å². The van der Waals surface area contributed by atoms with E-state index in [4.69, 9.17) is 0 Å². The lowest BCUT2D eigenvalue weighted by molar-refractivity contribution is -0.137. The third kappa shape index (κ3) is 2.45. The van der Waals surface area contributed by atoms with Crippen LogP contribution in [0.5, 0.6) is 0 Å². The number of nitrogens with one attached hydrogen (secondary N) is 1. The van der Waals surface area contributed by atoms with E-state index < -0.39 is 29.0 Å². The fourth-order valence-electron chi connectivity index (χ4n) is 1.01. The quantitative estimate of drug-likeness (QED) is 0.723. The Balaban J connectivity index is 3.15. The lowest BCUT2D eigenvalue weighted by Gasteiger charge is -2.08. The van der Waals surface area contributed by atoms with Crippen LogP contribution in [0, 0.1) is 5.82 Å². The van der Waals surface area contributed by atoms with E-state index in [9.17, 15) is 22.4 Å². The van der Waals surface area contributed by atoms with Crippen LogP contribution in [0.4, 0.5) is 17.6 Å². The molecule has 0 heterocycles. The van der Waals surface area contributed by atoms with E-state index in [2.05, 4.69) is 5.32 Å². The molecule has 0 atom stereocenters. The maximum atomic E-state index is 13.1. The van der Waals surface area contributed by atoms with Crippen LogP contribution in [0.25, 0.3) is 0 Å². The van der Waals surface area contributed by atoms with Gasteiger partial charge in [-0.1, -0.05) is 0 Å². The fraction of sp³-hybridized carbons (Fsp3) is 0.222. The normalized spacial score (nSPS) is 11.3. The predicted molar refractivity (Wildman–Crippen MR) is 44.8 cm³/mol. The monoisotopic (exact) mass is 221 g/mol. The Morgan fingerprint density at radius 1 is 1.33 bits per heavy atom. The molecule has 0 saturated heterocycles. The van der Waals surface area contributed by atoms with Crippen LogP contribution in [0.1, 0.15) is 15.9 Å². The van der Waals surface area contributed by atoms with Crippen molar-refractivity contribution in [1.82, 2.24) is 5.32 Å². The van der Waals surface area contributed by atoms with E-state index in [-0.39, 0.29) is 0 Å². The molecule has 1 aromatic carbocycles. The number of carbonyl (C=O) groups excluding carboxylic acids is 1. The minimum atomic E-state index is -4.61. The van der Waals surface area contributed by atoms with Crippen LogP contribution in [-0.4, -0.2) is 13.0 Å². The molecular weight excluding hydrogens is 214 g/mol. The molecule has 0 aliphatic heterocycles. The smallest absolute Gasteiger partial charge is 0.355 e. The Morgan fingerprint density at radius 2 is 1.93 bits per heavy atom. The summed E-state index contributed by atoms with van der Waals surface area (Å²) in [6.07, 6.45) is -4.61. The largest absolute Gasteiger partial charge is 0.416 e. The van der Waals surface area contributed by atoms with E-state index in [1.54, 1.807) is 0 Å². The number of carbonyl (C=O) groups is 1. The summed E-state index contributed by atoms with van der Waals surface area (Å²) in [5.41, 5.74) is -1.53. The summed E-state index contributed by atoms with van der Waals surface area (Å²) < 4.78 is 49.4. The Hall–Kier alpha value is -1.59. The van der Waals surface area contributed by atoms with Gasteiger partial charge in [0.25, 0.3) is 5.91 Å². The minimum Gasteiger partial charge on any atom is -0.355 e. The summed E-state index contributed by atoms with van der Waals surface area (Å²) in [6.45, 7) is 0. The van der Waals surface area contributed by atoms with Gasteiger partial charge in [-0.3, -0.25) is 4.79 Å². The highest BCUT2D eigenvalue weighted by Crippen LogP contribution is 2.30. The highest BCUT2D eigenvalue weighted by molar-refractivity contribution is 5.94. The first-order valence-electron chi connectivity index (χ1n) is 3.95. The van der Waals surface area contributed by atoms with Gasteiger partial charge in [-0.05, 0) is 18.2 Å². The number of hydrogen-bond donors (Lipinski definition) is 1. The first kappa shape index (κ1) is 11.5. The first-order chi connectivity index (χ1) is 6.86. The maximum absolute atomic E-state index is 13.1. The molecule has 0 bridgehead atoms. The number of alkyl halides is 3. The number of benzene rings is 1. The van der Waals surface area contributed by atoms with Crippen molar-refractivity contribution in [2.45, 2.75) is 6.18 Å². The first-order valence-corrected chi connectivity index (χ1v) is 3.95. The van der Waals surface area contributed by atoms with Crippen molar-refractivity contribution in [3.63, 3.8) is 0 Å². The summed E-state index contributed by atoms with van der Waals surface area (Å²) in [5.74, 6) is -1.95. The highest BCUT2D eigenvalue weighted by Gasteiger charge is 2.31. The van der Waals surface area contributed by atoms with Gasteiger partial charge in [-0.25, -0.2) is 4.39 Å². The second-order valence-corrected chi connectivity index (χ2v) is 2.77. The lowest BCUT2D eigenvalue weighted by atomic mass is 10.1. The Bertz CT molecular complexity index is 386. The molecule has 82 valence electrons. The zero-order valence-corrected chi connectivity index (χ0v) is 7.65. The van der Waals surface area contributed by atoms with Gasteiger partial charge in [0.05, 0.1) is 11.1 Å². The zero-order valence-electron chi connectivity index (χ0n) is 7.65. The average Bonchev–Trinajstić information content (AvgIpc) is 2.15. The number of rotatable bonds is 1. The summed E-state index contributed by atoms with van der Waals surface area (Å²) >= 11 is 0. The molecule has 0 aromatic heterocycles. The third-order valence-corrected chi connectivity index (χ3v) is 1.77. The second kappa shape index (κ2) is 3.88. The minimum absolute atomic E-state index is 0.296. The Kier molecular flexibility index (Phi) is 2.97. The second-order valence-electron chi connectivity index (χ2n) is 2.77. The fourth-order valence-corrected chi connectivity index (χ4v) is 1.01. The third-order valence-electron chi connectivity index (χ3n) is 1.77. The van der Waals surface area contributed by atoms with Crippen molar-refractivity contribution >= 4 is 5.91 Å². The Morgan fingerprint density at radius 3 is 2.33 bits per heavy atom. The van der Waals surface area contributed by atoms with Gasteiger partial charge in [0.2, 0.25) is 0 Å². The maximum Gasteiger partial charge on any atom is 0.416 e. The van der Waals surface area contributed by atoms with Crippen molar-refractivity contribution in [2.75, 3.05) is 7.05 Å². The molecule has 0 aliphatic carbocycles. The molecule has 1 aromatic rings. The summed E-state index contributed by atoms with van der Waals surface area (Å²) in [5, 5.41) is 2.12. The topological polar surface area (TPSA) is 29.1 Å². The van der Waals surface area contributed by atoms with Crippen molar-refractivity contribution in [3.8, 4) is 0 Å². The molecule has 0 fully saturated rings. The molecule has 1 rings (SSSR count). The number of halogens is 4. The van der Waals surface area contributed by atoms with Gasteiger partial charge in [-0.2, -0.15) is 13.2 Å². The van der Waals surface area contributed by atoms with E-state index in [1.807, 2.05) is 0 Å². The van der Waals surface area contributed by atoms with Gasteiger partial charge in [0, 0.05) is 7.05 Å². The molecule has 1 N–H and O–H groups in total. The van der Waals surface area contributed by atoms with Crippen molar-refractivity contribution < 1.29 is 22.4 Å². The van der Waals surface area contributed by atoms with Crippen molar-refractivity contribution in [2.24, 2.45) is 0 Å². The molecule has 0 radical (unpaired) electrons. The molecule has 0 spiro atoms. The molecular formula is C9H7F4NO. The van der Waals surface area contributed by atoms with Crippen LogP contribution in [0.15, 0.2) is 18.2 Å². The standard InChI is InChI=1S/C9H7F4NO/c1-14-8(15)6-3-2-5(4-7(6)10)9(11,12)13/h2-4H,1H3,(H,14,15).